The molecule has 0 aliphatic carbocycles. The fourth-order valence-electron chi connectivity index (χ4n) is 2.24. The van der Waals surface area contributed by atoms with Gasteiger partial charge in [-0.15, -0.1) is 0 Å². The van der Waals surface area contributed by atoms with Crippen LogP contribution in [0.2, 0.25) is 10.0 Å². The Hall–Kier alpha value is -2.25. The van der Waals surface area contributed by atoms with Gasteiger partial charge in [-0.3, -0.25) is 9.59 Å². The number of carbonyl (C=O) groups excluding carboxylic acids is 1. The van der Waals surface area contributed by atoms with Crippen molar-refractivity contribution >= 4 is 29.1 Å². The van der Waals surface area contributed by atoms with Crippen molar-refractivity contribution < 1.29 is 14.3 Å². The summed E-state index contributed by atoms with van der Waals surface area (Å²) < 4.78 is 11.4. The third-order valence-electron chi connectivity index (χ3n) is 3.52. The Morgan fingerprint density at radius 2 is 2.04 bits per heavy atom. The lowest BCUT2D eigenvalue weighted by atomic mass is 10.1. The first kappa shape index (κ1) is 19.1. The number of hydrogen-bond acceptors (Lipinski definition) is 5. The maximum Gasteiger partial charge on any atom is 0.287 e. The number of nitrogens with zero attached hydrogens (tertiary/aromatic N) is 2. The van der Waals surface area contributed by atoms with Crippen molar-refractivity contribution in [2.75, 3.05) is 14.2 Å². The molecule has 2 rings (SSSR count). The number of benzene rings is 1. The average molecular weight is 386 g/mol. The van der Waals surface area contributed by atoms with E-state index in [-0.39, 0.29) is 22.6 Å². The molecule has 0 aliphatic heterocycles. The molecule has 0 saturated heterocycles. The van der Waals surface area contributed by atoms with E-state index in [0.717, 1.165) is 10.2 Å². The zero-order valence-corrected chi connectivity index (χ0v) is 15.4. The molecule has 0 aliphatic rings. The molecule has 134 valence electrons. The molecule has 25 heavy (non-hydrogen) atoms. The highest BCUT2D eigenvalue weighted by atomic mass is 35.5. The molecule has 9 heteroatoms. The average Bonchev–Trinajstić information content (AvgIpc) is 2.61. The minimum atomic E-state index is -0.629. The second kappa shape index (κ2) is 8.22. The first-order valence-electron chi connectivity index (χ1n) is 7.29. The molecular formula is C16H17Cl2N3O4. The monoisotopic (exact) mass is 385 g/mol. The summed E-state index contributed by atoms with van der Waals surface area (Å²) in [5, 5.41) is 6.45. The summed E-state index contributed by atoms with van der Waals surface area (Å²) in [5.74, 6) is 0.836. The van der Waals surface area contributed by atoms with Gasteiger partial charge < -0.3 is 14.8 Å². The molecule has 0 radical (unpaired) electrons. The molecular weight excluding hydrogens is 369 g/mol. The van der Waals surface area contributed by atoms with E-state index in [0.29, 0.717) is 11.5 Å². The molecule has 1 amide bonds. The van der Waals surface area contributed by atoms with Crippen LogP contribution in [0.25, 0.3) is 0 Å². The number of nitrogens with one attached hydrogen (secondary N) is 1. The molecule has 2 aromatic rings. The summed E-state index contributed by atoms with van der Waals surface area (Å²) in [7, 11) is 3.09. The molecule has 1 N–H and O–H groups in total. The standard InChI is InChI=1S/C16H17Cl2N3O4/c1-9(11-6-10(24-2)4-5-13(11)25-3)20-14(22)8-21-16(23)15(18)12(17)7-19-21/h4-7,9H,8H2,1-3H3,(H,20,22)/t9-/m1/s1. The number of rotatable bonds is 6. The number of methoxy groups -OCH3 is 2. The van der Waals surface area contributed by atoms with Gasteiger partial charge >= 0.3 is 0 Å². The highest BCUT2D eigenvalue weighted by Crippen LogP contribution is 2.29. The number of hydrogen-bond donors (Lipinski definition) is 1. The van der Waals surface area contributed by atoms with E-state index in [1.165, 1.54) is 6.20 Å². The number of carbonyl (C=O) groups is 1. The Morgan fingerprint density at radius 1 is 1.32 bits per heavy atom. The quantitative estimate of drug-likeness (QED) is 0.825. The molecule has 0 unspecified atom stereocenters. The summed E-state index contributed by atoms with van der Waals surface area (Å²) in [4.78, 5) is 24.2. The van der Waals surface area contributed by atoms with Gasteiger partial charge in [0, 0.05) is 5.56 Å². The highest BCUT2D eigenvalue weighted by Gasteiger charge is 2.17. The van der Waals surface area contributed by atoms with E-state index in [1.807, 2.05) is 0 Å². The van der Waals surface area contributed by atoms with Crippen LogP contribution in [0.5, 0.6) is 11.5 Å². The number of ether oxygens (including phenoxy) is 2. The molecule has 0 saturated carbocycles. The van der Waals surface area contributed by atoms with Crippen molar-refractivity contribution in [2.24, 2.45) is 0 Å². The summed E-state index contributed by atoms with van der Waals surface area (Å²) in [6.45, 7) is 1.51. The molecule has 7 nitrogen and oxygen atoms in total. The number of halogens is 2. The molecule has 0 bridgehead atoms. The van der Waals surface area contributed by atoms with Gasteiger partial charge in [-0.25, -0.2) is 4.68 Å². The summed E-state index contributed by atoms with van der Waals surface area (Å²) >= 11 is 11.5. The normalized spacial score (nSPS) is 11.7. The summed E-state index contributed by atoms with van der Waals surface area (Å²) in [5.41, 5.74) is 0.112. The smallest absolute Gasteiger partial charge is 0.287 e. The molecule has 1 atom stereocenters. The van der Waals surface area contributed by atoms with Gasteiger partial charge in [0.15, 0.2) is 0 Å². The Labute approximate surface area is 154 Å². The topological polar surface area (TPSA) is 82.4 Å². The fraction of sp³-hybridized carbons (Fsp3) is 0.312. The van der Waals surface area contributed by atoms with E-state index >= 15 is 0 Å². The van der Waals surface area contributed by atoms with Gasteiger partial charge in [0.2, 0.25) is 5.91 Å². The largest absolute Gasteiger partial charge is 0.497 e. The third kappa shape index (κ3) is 4.43. The molecule has 1 heterocycles. The summed E-state index contributed by atoms with van der Waals surface area (Å²) in [6, 6.07) is 4.90. The van der Waals surface area contributed by atoms with Crippen LogP contribution >= 0.6 is 23.2 Å². The number of amides is 1. The second-order valence-electron chi connectivity index (χ2n) is 5.17. The predicted octanol–water partition coefficient (Wildman–Crippen LogP) is 2.44. The second-order valence-corrected chi connectivity index (χ2v) is 5.95. The van der Waals surface area contributed by atoms with Gasteiger partial charge in [-0.1, -0.05) is 23.2 Å². The zero-order valence-electron chi connectivity index (χ0n) is 13.9. The van der Waals surface area contributed by atoms with Crippen molar-refractivity contribution in [3.8, 4) is 11.5 Å². The van der Waals surface area contributed by atoms with E-state index in [1.54, 1.807) is 39.3 Å². The maximum atomic E-state index is 12.2. The Balaban J connectivity index is 2.16. The van der Waals surface area contributed by atoms with Crippen LogP contribution in [-0.4, -0.2) is 29.9 Å². The van der Waals surface area contributed by atoms with Crippen LogP contribution in [-0.2, 0) is 11.3 Å². The van der Waals surface area contributed by atoms with Crippen LogP contribution in [0.3, 0.4) is 0 Å². The van der Waals surface area contributed by atoms with Crippen LogP contribution < -0.4 is 20.3 Å². The van der Waals surface area contributed by atoms with E-state index in [4.69, 9.17) is 32.7 Å². The Bertz CT molecular complexity index is 839. The lowest BCUT2D eigenvalue weighted by Crippen LogP contribution is -2.35. The first-order chi connectivity index (χ1) is 11.9. The highest BCUT2D eigenvalue weighted by molar-refractivity contribution is 6.41. The molecule has 0 fully saturated rings. The van der Waals surface area contributed by atoms with E-state index in [9.17, 15) is 9.59 Å². The molecule has 0 spiro atoms. The molecule has 1 aromatic carbocycles. The van der Waals surface area contributed by atoms with Gasteiger partial charge in [0.25, 0.3) is 5.56 Å². The van der Waals surface area contributed by atoms with Gasteiger partial charge in [0.05, 0.1) is 31.5 Å². The van der Waals surface area contributed by atoms with Crippen LogP contribution in [0.15, 0.2) is 29.2 Å². The third-order valence-corrected chi connectivity index (χ3v) is 4.27. The molecule has 1 aromatic heterocycles. The Morgan fingerprint density at radius 3 is 2.68 bits per heavy atom. The maximum absolute atomic E-state index is 12.2. The minimum Gasteiger partial charge on any atom is -0.497 e. The van der Waals surface area contributed by atoms with Gasteiger partial charge in [-0.2, -0.15) is 5.10 Å². The van der Waals surface area contributed by atoms with Crippen molar-refractivity contribution in [2.45, 2.75) is 19.5 Å². The SMILES string of the molecule is COc1ccc(OC)c([C@@H](C)NC(=O)Cn2ncc(Cl)c(Cl)c2=O)c1. The lowest BCUT2D eigenvalue weighted by Gasteiger charge is -2.18. The zero-order chi connectivity index (χ0) is 18.6. The van der Waals surface area contributed by atoms with E-state index < -0.39 is 11.5 Å². The van der Waals surface area contributed by atoms with Gasteiger partial charge in [0.1, 0.15) is 23.1 Å². The van der Waals surface area contributed by atoms with Crippen LogP contribution in [0.4, 0.5) is 0 Å². The Kier molecular flexibility index (Phi) is 6.27. The van der Waals surface area contributed by atoms with Crippen LogP contribution in [0, 0.1) is 0 Å². The van der Waals surface area contributed by atoms with Gasteiger partial charge in [-0.05, 0) is 25.1 Å². The fourth-order valence-corrected chi connectivity index (χ4v) is 2.51. The summed E-state index contributed by atoms with van der Waals surface area (Å²) in [6.07, 6.45) is 1.22. The first-order valence-corrected chi connectivity index (χ1v) is 8.05. The van der Waals surface area contributed by atoms with Crippen molar-refractivity contribution in [1.29, 1.82) is 0 Å². The predicted molar refractivity (Wildman–Crippen MR) is 94.6 cm³/mol. The van der Waals surface area contributed by atoms with Crippen LogP contribution in [0.1, 0.15) is 18.5 Å². The minimum absolute atomic E-state index is 0.0396. The van der Waals surface area contributed by atoms with Crippen molar-refractivity contribution in [3.05, 3.63) is 50.4 Å². The van der Waals surface area contributed by atoms with Crippen molar-refractivity contribution in [3.63, 3.8) is 0 Å². The lowest BCUT2D eigenvalue weighted by molar-refractivity contribution is -0.122. The van der Waals surface area contributed by atoms with E-state index in [2.05, 4.69) is 10.4 Å². The van der Waals surface area contributed by atoms with Crippen molar-refractivity contribution in [1.82, 2.24) is 15.1 Å². The number of aromatic nitrogens is 2.